The van der Waals surface area contributed by atoms with E-state index in [1.165, 1.54) is 6.92 Å². The van der Waals surface area contributed by atoms with Crippen molar-refractivity contribution in [2.24, 2.45) is 0 Å². The van der Waals surface area contributed by atoms with Crippen molar-refractivity contribution in [3.8, 4) is 5.75 Å². The van der Waals surface area contributed by atoms with Gasteiger partial charge in [0.25, 0.3) is 0 Å². The van der Waals surface area contributed by atoms with Gasteiger partial charge < -0.3 is 14.9 Å². The zero-order chi connectivity index (χ0) is 12.2. The van der Waals surface area contributed by atoms with Crippen LogP contribution in [-0.4, -0.2) is 29.4 Å². The Morgan fingerprint density at radius 3 is 2.31 bits per heavy atom. The van der Waals surface area contributed by atoms with Crippen molar-refractivity contribution in [1.82, 2.24) is 0 Å². The number of carbonyl (C=O) groups is 1. The van der Waals surface area contributed by atoms with Crippen LogP contribution in [-0.2, 0) is 10.2 Å². The Balaban J connectivity index is 2.99. The van der Waals surface area contributed by atoms with Crippen LogP contribution < -0.4 is 4.74 Å². The van der Waals surface area contributed by atoms with E-state index in [9.17, 15) is 4.79 Å². The Labute approximate surface area is 94.5 Å². The van der Waals surface area contributed by atoms with E-state index in [1.54, 1.807) is 24.3 Å². The number of benzene rings is 1. The SMILES string of the molecule is CCOc1ccc(C(C)(CO)C(=O)O)cc1. The standard InChI is InChI=1S/C12H16O4/c1-3-16-10-6-4-9(5-7-10)12(2,8-13)11(14)15/h4-7,13H,3,8H2,1-2H3,(H,14,15). The van der Waals surface area contributed by atoms with Gasteiger partial charge in [0.1, 0.15) is 11.2 Å². The first-order valence-corrected chi connectivity index (χ1v) is 5.12. The maximum atomic E-state index is 11.1. The van der Waals surface area contributed by atoms with Crippen LogP contribution >= 0.6 is 0 Å². The zero-order valence-electron chi connectivity index (χ0n) is 9.43. The molecule has 1 rings (SSSR count). The molecule has 1 atom stereocenters. The number of rotatable bonds is 5. The van der Waals surface area contributed by atoms with Crippen molar-refractivity contribution in [3.05, 3.63) is 29.8 Å². The van der Waals surface area contributed by atoms with Crippen LogP contribution in [0.25, 0.3) is 0 Å². The fraction of sp³-hybridized carbons (Fsp3) is 0.417. The third-order valence-electron chi connectivity index (χ3n) is 2.59. The summed E-state index contributed by atoms with van der Waals surface area (Å²) in [6.07, 6.45) is 0. The largest absolute Gasteiger partial charge is 0.494 e. The minimum atomic E-state index is -1.26. The van der Waals surface area contributed by atoms with Crippen LogP contribution in [0, 0.1) is 0 Å². The third kappa shape index (κ3) is 2.33. The summed E-state index contributed by atoms with van der Waals surface area (Å²) in [6.45, 7) is 3.50. The molecule has 2 N–H and O–H groups in total. The normalized spacial score (nSPS) is 14.2. The van der Waals surface area contributed by atoms with Crippen molar-refractivity contribution < 1.29 is 19.7 Å². The number of aliphatic hydroxyl groups excluding tert-OH is 1. The Morgan fingerprint density at radius 1 is 1.38 bits per heavy atom. The summed E-state index contributed by atoms with van der Waals surface area (Å²) in [5.41, 5.74) is -0.698. The Bertz CT molecular complexity index is 358. The highest BCUT2D eigenvalue weighted by molar-refractivity contribution is 5.81. The number of hydrogen-bond donors (Lipinski definition) is 2. The van der Waals surface area contributed by atoms with Crippen molar-refractivity contribution in [1.29, 1.82) is 0 Å². The van der Waals surface area contributed by atoms with Crippen molar-refractivity contribution in [2.75, 3.05) is 13.2 Å². The summed E-state index contributed by atoms with van der Waals surface area (Å²) in [5, 5.41) is 18.2. The van der Waals surface area contributed by atoms with E-state index in [0.29, 0.717) is 17.9 Å². The Hall–Kier alpha value is -1.55. The first kappa shape index (κ1) is 12.5. The molecule has 16 heavy (non-hydrogen) atoms. The molecule has 4 nitrogen and oxygen atoms in total. The summed E-state index contributed by atoms with van der Waals surface area (Å²) in [5.74, 6) is -0.351. The van der Waals surface area contributed by atoms with Crippen LogP contribution in [0.5, 0.6) is 5.75 Å². The van der Waals surface area contributed by atoms with E-state index >= 15 is 0 Å². The van der Waals surface area contributed by atoms with Crippen LogP contribution in [0.15, 0.2) is 24.3 Å². The smallest absolute Gasteiger partial charge is 0.316 e. The lowest BCUT2D eigenvalue weighted by Crippen LogP contribution is -2.36. The van der Waals surface area contributed by atoms with Crippen molar-refractivity contribution in [3.63, 3.8) is 0 Å². The molecule has 0 radical (unpaired) electrons. The topological polar surface area (TPSA) is 66.8 Å². The van der Waals surface area contributed by atoms with Crippen molar-refractivity contribution >= 4 is 5.97 Å². The number of aliphatic carboxylic acids is 1. The highest BCUT2D eigenvalue weighted by Crippen LogP contribution is 2.25. The molecule has 0 spiro atoms. The van der Waals surface area contributed by atoms with E-state index in [-0.39, 0.29) is 0 Å². The molecule has 0 aliphatic carbocycles. The number of aliphatic hydroxyl groups is 1. The van der Waals surface area contributed by atoms with Gasteiger partial charge in [-0.2, -0.15) is 0 Å². The molecule has 0 saturated carbocycles. The molecule has 0 aliphatic rings. The molecule has 1 aromatic carbocycles. The summed E-state index contributed by atoms with van der Waals surface area (Å²) >= 11 is 0. The van der Waals surface area contributed by atoms with Gasteiger partial charge in [-0.05, 0) is 31.5 Å². The average molecular weight is 224 g/mol. The number of carboxylic acid groups (broad SMARTS) is 1. The van der Waals surface area contributed by atoms with Gasteiger partial charge in [-0.3, -0.25) is 4.79 Å². The molecule has 0 aliphatic heterocycles. The molecule has 0 saturated heterocycles. The summed E-state index contributed by atoms with van der Waals surface area (Å²) in [4.78, 5) is 11.1. The van der Waals surface area contributed by atoms with E-state index in [1.807, 2.05) is 6.92 Å². The lowest BCUT2D eigenvalue weighted by molar-refractivity contribution is -0.144. The lowest BCUT2D eigenvalue weighted by Gasteiger charge is -2.22. The maximum Gasteiger partial charge on any atom is 0.316 e. The minimum absolute atomic E-state index is 0.434. The molecular formula is C12H16O4. The lowest BCUT2D eigenvalue weighted by atomic mass is 9.83. The van der Waals surface area contributed by atoms with Crippen LogP contribution in [0.2, 0.25) is 0 Å². The molecule has 0 heterocycles. The van der Waals surface area contributed by atoms with Gasteiger partial charge in [-0.15, -0.1) is 0 Å². The van der Waals surface area contributed by atoms with E-state index in [4.69, 9.17) is 14.9 Å². The highest BCUT2D eigenvalue weighted by atomic mass is 16.5. The van der Waals surface area contributed by atoms with Gasteiger partial charge >= 0.3 is 5.97 Å². The molecule has 1 unspecified atom stereocenters. The molecule has 4 heteroatoms. The highest BCUT2D eigenvalue weighted by Gasteiger charge is 2.34. The predicted octanol–water partition coefficient (Wildman–Crippen LogP) is 1.42. The predicted molar refractivity (Wildman–Crippen MR) is 59.7 cm³/mol. The molecule has 0 fully saturated rings. The second kappa shape index (κ2) is 4.99. The van der Waals surface area contributed by atoms with Crippen LogP contribution in [0.3, 0.4) is 0 Å². The van der Waals surface area contributed by atoms with Gasteiger partial charge in [0, 0.05) is 0 Å². The minimum Gasteiger partial charge on any atom is -0.494 e. The second-order valence-electron chi connectivity index (χ2n) is 3.75. The number of ether oxygens (including phenoxy) is 1. The molecule has 1 aromatic rings. The fourth-order valence-electron chi connectivity index (χ4n) is 1.37. The summed E-state index contributed by atoms with van der Waals surface area (Å²) in [6, 6.07) is 6.73. The summed E-state index contributed by atoms with van der Waals surface area (Å²) < 4.78 is 5.26. The van der Waals surface area contributed by atoms with Gasteiger partial charge in [-0.25, -0.2) is 0 Å². The first-order chi connectivity index (χ1) is 7.54. The Kier molecular flexibility index (Phi) is 3.90. The number of hydrogen-bond acceptors (Lipinski definition) is 3. The van der Waals surface area contributed by atoms with Gasteiger partial charge in [0.15, 0.2) is 0 Å². The molecule has 88 valence electrons. The molecule has 0 amide bonds. The van der Waals surface area contributed by atoms with Crippen molar-refractivity contribution in [2.45, 2.75) is 19.3 Å². The first-order valence-electron chi connectivity index (χ1n) is 5.12. The maximum absolute atomic E-state index is 11.1. The number of carboxylic acids is 1. The molecule has 0 bridgehead atoms. The monoisotopic (exact) mass is 224 g/mol. The Morgan fingerprint density at radius 2 is 1.94 bits per heavy atom. The zero-order valence-corrected chi connectivity index (χ0v) is 9.43. The van der Waals surface area contributed by atoms with Gasteiger partial charge in [0.05, 0.1) is 13.2 Å². The van der Waals surface area contributed by atoms with Crippen LogP contribution in [0.1, 0.15) is 19.4 Å². The second-order valence-corrected chi connectivity index (χ2v) is 3.75. The quantitative estimate of drug-likeness (QED) is 0.793. The van der Waals surface area contributed by atoms with E-state index in [2.05, 4.69) is 0 Å². The molecular weight excluding hydrogens is 208 g/mol. The van der Waals surface area contributed by atoms with Crippen LogP contribution in [0.4, 0.5) is 0 Å². The van der Waals surface area contributed by atoms with Gasteiger partial charge in [-0.1, -0.05) is 12.1 Å². The molecule has 0 aromatic heterocycles. The van der Waals surface area contributed by atoms with E-state index < -0.39 is 18.0 Å². The summed E-state index contributed by atoms with van der Waals surface area (Å²) in [7, 11) is 0. The average Bonchev–Trinajstić information content (AvgIpc) is 2.29. The van der Waals surface area contributed by atoms with E-state index in [0.717, 1.165) is 0 Å². The van der Waals surface area contributed by atoms with Gasteiger partial charge in [0.2, 0.25) is 0 Å². The fourth-order valence-corrected chi connectivity index (χ4v) is 1.37. The third-order valence-corrected chi connectivity index (χ3v) is 2.59.